The van der Waals surface area contributed by atoms with Crippen LogP contribution in [0.1, 0.15) is 206 Å². The van der Waals surface area contributed by atoms with Crippen LogP contribution >= 0.6 is 46.4 Å². The lowest BCUT2D eigenvalue weighted by molar-refractivity contribution is 0.0558. The number of methoxy groups -OCH3 is 4. The molecule has 7 aliphatic rings. The van der Waals surface area contributed by atoms with Gasteiger partial charge in [0.15, 0.2) is 23.1 Å². The fourth-order valence-corrected chi connectivity index (χ4v) is 18.4. The molecule has 0 amide bonds. The average molecular weight is 1760 g/mol. The Morgan fingerprint density at radius 3 is 1.13 bits per heavy atom. The number of nitrogens with zero attached hydrogens (tertiary/aromatic N) is 16. The Morgan fingerprint density at radius 2 is 0.772 bits per heavy atom. The Hall–Kier alpha value is -10.5. The third kappa shape index (κ3) is 21.0. The molecule has 34 heteroatoms. The SMILES string of the molecule is COc1c(C)cnc(CN2C/C(=C\C3CCC(O)CC3)C(=O)c3c(Cl)nc(N)nc32)c1C.COc1c(C)cnc(CN2C/C(=C\C3CCCCC3)C(=O)c3c(Cl)nc(N)nc32)c1C.COc1c(C)cnc(CN2C/C(=C\CC(C)C)C(=O)c3c(Cl)nc(N)nc32)c1C.COc1c(C)cnc(CN2CC(CC3CCOCC3)C(=O)c3c(Cl)nc(N)nc32)c1C. The normalized spacial score (nSPS) is 18.9. The number of aryl methyl sites for hydroxylation is 4. The number of nitrogen functional groups attached to an aromatic ring is 4. The fraction of sp³-hybridized carbons (Fsp3) is 0.483. The summed E-state index contributed by atoms with van der Waals surface area (Å²) < 4.78 is 27.7. The number of carbonyl (C=O) groups excluding carboxylic acids is 4. The molecule has 654 valence electrons. The van der Waals surface area contributed by atoms with Gasteiger partial charge in [0.25, 0.3) is 0 Å². The molecule has 3 fully saturated rings. The zero-order chi connectivity index (χ0) is 88.5. The van der Waals surface area contributed by atoms with Crippen LogP contribution in [0.2, 0.25) is 20.6 Å². The van der Waals surface area contributed by atoms with Crippen molar-refractivity contribution in [3.63, 3.8) is 0 Å². The van der Waals surface area contributed by atoms with Crippen molar-refractivity contribution < 1.29 is 48.0 Å². The van der Waals surface area contributed by atoms with Gasteiger partial charge in [-0.3, -0.25) is 39.1 Å². The summed E-state index contributed by atoms with van der Waals surface area (Å²) in [5, 5.41) is 10.1. The predicted molar refractivity (Wildman–Crippen MR) is 478 cm³/mol. The molecule has 13 heterocycles. The molecule has 8 aromatic heterocycles. The second kappa shape index (κ2) is 40.4. The number of aliphatic hydroxyl groups is 1. The highest BCUT2D eigenvalue weighted by molar-refractivity contribution is 6.37. The lowest BCUT2D eigenvalue weighted by Crippen LogP contribution is -2.41. The van der Waals surface area contributed by atoms with Crippen molar-refractivity contribution in [1.82, 2.24) is 59.8 Å². The first-order valence-electron chi connectivity index (χ1n) is 41.6. The molecule has 123 heavy (non-hydrogen) atoms. The van der Waals surface area contributed by atoms with Gasteiger partial charge >= 0.3 is 0 Å². The molecule has 1 atom stereocenters. The van der Waals surface area contributed by atoms with Crippen LogP contribution in [0.4, 0.5) is 47.1 Å². The number of hydrogen-bond acceptors (Lipinski definition) is 30. The molecule has 8 aromatic rings. The number of fused-ring (bicyclic) bond motifs is 4. The van der Waals surface area contributed by atoms with Gasteiger partial charge in [-0.15, -0.1) is 0 Å². The number of Topliss-reactive ketones (excluding diaryl/α,β-unsaturated/α-hetero) is 4. The maximum absolute atomic E-state index is 13.3. The van der Waals surface area contributed by atoms with E-state index < -0.39 is 0 Å². The van der Waals surface area contributed by atoms with Gasteiger partial charge in [0.2, 0.25) is 23.8 Å². The lowest BCUT2D eigenvalue weighted by atomic mass is 9.83. The highest BCUT2D eigenvalue weighted by atomic mass is 35.5. The number of allylic oxidation sites excluding steroid dienone is 3. The van der Waals surface area contributed by atoms with Gasteiger partial charge < -0.3 is 71.3 Å². The topological polar surface area (TPSA) is 406 Å². The molecule has 1 saturated heterocycles. The molecule has 30 nitrogen and oxygen atoms in total. The van der Waals surface area contributed by atoms with Gasteiger partial charge in [0.05, 0.1) is 89.1 Å². The van der Waals surface area contributed by atoms with Crippen LogP contribution in [-0.4, -0.2) is 162 Å². The van der Waals surface area contributed by atoms with E-state index in [0.29, 0.717) is 121 Å². The van der Waals surface area contributed by atoms with E-state index in [1.165, 1.54) is 19.3 Å². The molecule has 15 rings (SSSR count). The van der Waals surface area contributed by atoms with Crippen LogP contribution in [-0.2, 0) is 30.9 Å². The number of aliphatic hydroxyl groups excluding tert-OH is 1. The Bertz CT molecular complexity index is 5420. The van der Waals surface area contributed by atoms with E-state index in [0.717, 1.165) is 173 Å². The first-order chi connectivity index (χ1) is 58.8. The molecule has 0 spiro atoms. The molecular formula is C89H110Cl4N20O10. The summed E-state index contributed by atoms with van der Waals surface area (Å²) in [5.74, 6) is 6.14. The molecule has 0 bridgehead atoms. The lowest BCUT2D eigenvalue weighted by Gasteiger charge is -2.36. The van der Waals surface area contributed by atoms with Crippen molar-refractivity contribution in [2.45, 2.75) is 185 Å². The highest BCUT2D eigenvalue weighted by Gasteiger charge is 2.41. The van der Waals surface area contributed by atoms with Crippen molar-refractivity contribution in [2.75, 3.05) is 110 Å². The average Bonchev–Trinajstić information content (AvgIpc) is 0.775. The van der Waals surface area contributed by atoms with Gasteiger partial charge in [0.1, 0.15) is 83.6 Å². The molecule has 1 unspecified atom stereocenters. The Kier molecular flexibility index (Phi) is 30.1. The quantitative estimate of drug-likeness (QED) is 0.0393. The summed E-state index contributed by atoms with van der Waals surface area (Å²) in [6, 6.07) is 0. The summed E-state index contributed by atoms with van der Waals surface area (Å²) >= 11 is 25.4. The molecule has 0 aromatic carbocycles. The third-order valence-electron chi connectivity index (χ3n) is 23.8. The maximum Gasteiger partial charge on any atom is 0.223 e. The van der Waals surface area contributed by atoms with Crippen LogP contribution < -0.4 is 61.5 Å². The monoisotopic (exact) mass is 1760 g/mol. The number of halogens is 4. The third-order valence-corrected chi connectivity index (χ3v) is 24.9. The Morgan fingerprint density at radius 1 is 0.447 bits per heavy atom. The smallest absolute Gasteiger partial charge is 0.223 e. The molecular weight excluding hydrogens is 1650 g/mol. The molecule has 2 saturated carbocycles. The van der Waals surface area contributed by atoms with E-state index in [1.807, 2.05) is 82.2 Å². The number of rotatable bonds is 18. The van der Waals surface area contributed by atoms with E-state index in [2.05, 4.69) is 84.6 Å². The molecule has 2 aliphatic carbocycles. The summed E-state index contributed by atoms with van der Waals surface area (Å²) in [4.78, 5) is 113. The van der Waals surface area contributed by atoms with Gasteiger partial charge in [-0.25, -0.2) is 19.9 Å². The first kappa shape index (κ1) is 91.7. The molecule has 0 radical (unpaired) electrons. The number of aromatic nitrogens is 12. The first-order valence-corrected chi connectivity index (χ1v) is 43.1. The van der Waals surface area contributed by atoms with Crippen molar-refractivity contribution >= 4 is 117 Å². The number of carbonyl (C=O) groups is 4. The number of ketones is 4. The van der Waals surface area contributed by atoms with Gasteiger partial charge in [-0.1, -0.05) is 97.7 Å². The Balaban J connectivity index is 0.000000150. The largest absolute Gasteiger partial charge is 0.496 e. The zero-order valence-corrected chi connectivity index (χ0v) is 75.4. The van der Waals surface area contributed by atoms with Crippen molar-refractivity contribution in [1.29, 1.82) is 0 Å². The number of pyridine rings is 4. The number of hydrogen-bond donors (Lipinski definition) is 5. The molecule has 5 aliphatic heterocycles. The van der Waals surface area contributed by atoms with Gasteiger partial charge in [0, 0.05) is 131 Å². The minimum Gasteiger partial charge on any atom is -0.496 e. The number of ether oxygens (including phenoxy) is 5. The minimum atomic E-state index is -0.250. The predicted octanol–water partition coefficient (Wildman–Crippen LogP) is 15.1. The molecule has 9 N–H and O–H groups in total. The van der Waals surface area contributed by atoms with E-state index >= 15 is 0 Å². The van der Waals surface area contributed by atoms with Crippen molar-refractivity contribution in [3.8, 4) is 23.0 Å². The van der Waals surface area contributed by atoms with Gasteiger partial charge in [-0.2, -0.15) is 19.9 Å². The fourth-order valence-electron chi connectivity index (χ4n) is 17.3. The van der Waals surface area contributed by atoms with E-state index in [4.69, 9.17) is 93.0 Å². The van der Waals surface area contributed by atoms with Crippen LogP contribution in [0.5, 0.6) is 23.0 Å². The second-order valence-corrected chi connectivity index (χ2v) is 34.4. The summed E-state index contributed by atoms with van der Waals surface area (Å²) in [5.41, 5.74) is 37.8. The number of anilines is 8. The van der Waals surface area contributed by atoms with E-state index in [1.54, 1.807) is 53.2 Å². The standard InChI is InChI=1S/C23H28ClN5O3.C23H28ClN5O2.C22H28ClN5O3.C21H26ClN5O2/c1-12-9-26-17(13(2)20(12)32-3)11-29-10-15(8-14-4-6-16(30)7-5-14)19(31)18-21(24)27-23(25)28-22(18)29;1-13-10-26-17(14(2)20(13)31-3)12-29-11-16(9-15-7-5-4-6-8-15)19(30)18-21(24)27-23(25)28-22(18)29;1-12-9-25-16(13(2)19(12)30-3)11-28-10-15(8-14-4-6-31-7-5-14)18(29)17-20(23)26-22(24)27-21(17)28;1-11(2)6-7-14-9-27(10-15-13(4)18(29-5)12(3)8-24-15)20-16(17(14)28)19(22)25-21(23)26-20/h8-9,14,16,30H,4-7,10-11H2,1-3H3,(H2,25,27,28);9-10,15H,4-8,11-12H2,1-3H3,(H2,25,27,28);9,14-15H,4-8,10-11H2,1-3H3,(H2,24,26,27);7-8,11H,6,9-10H2,1-5H3,(H2,23,25,26)/b15-8+;16-9+;;14-7+. The second-order valence-electron chi connectivity index (χ2n) is 33.0. The van der Waals surface area contributed by atoms with Crippen LogP contribution in [0.3, 0.4) is 0 Å². The summed E-state index contributed by atoms with van der Waals surface area (Å²) in [6.07, 6.45) is 25.7. The highest BCUT2D eigenvalue weighted by Crippen LogP contribution is 2.43. The minimum absolute atomic E-state index is 0.00564. The van der Waals surface area contributed by atoms with Gasteiger partial charge in [-0.05, 0) is 143 Å². The van der Waals surface area contributed by atoms with E-state index in [9.17, 15) is 24.3 Å². The number of nitrogens with two attached hydrogens (primary N) is 4. The maximum atomic E-state index is 13.3. The summed E-state index contributed by atoms with van der Waals surface area (Å²) in [7, 11) is 6.61. The van der Waals surface area contributed by atoms with E-state index in [-0.39, 0.29) is 91.0 Å². The Labute approximate surface area is 737 Å². The van der Waals surface area contributed by atoms with Crippen molar-refractivity contribution in [2.24, 2.45) is 29.6 Å². The van der Waals surface area contributed by atoms with Crippen LogP contribution in [0.15, 0.2) is 59.7 Å². The van der Waals surface area contributed by atoms with Crippen molar-refractivity contribution in [3.05, 3.63) is 170 Å². The van der Waals surface area contributed by atoms with Crippen LogP contribution in [0.25, 0.3) is 0 Å². The zero-order valence-electron chi connectivity index (χ0n) is 72.4. The van der Waals surface area contributed by atoms with Crippen LogP contribution in [0, 0.1) is 85.0 Å². The summed E-state index contributed by atoms with van der Waals surface area (Å²) in [6.45, 7) is 25.0.